The van der Waals surface area contributed by atoms with Crippen molar-refractivity contribution in [3.8, 4) is 0 Å². The van der Waals surface area contributed by atoms with E-state index in [0.717, 1.165) is 23.4 Å². The zero-order valence-electron chi connectivity index (χ0n) is 11.0. The lowest BCUT2D eigenvalue weighted by Crippen LogP contribution is -2.26. The lowest BCUT2D eigenvalue weighted by molar-refractivity contribution is -0.118. The van der Waals surface area contributed by atoms with Crippen LogP contribution in [-0.2, 0) is 4.79 Å². The lowest BCUT2D eigenvalue weighted by atomic mass is 9.89. The van der Waals surface area contributed by atoms with Crippen LogP contribution in [0.15, 0.2) is 50.8 Å². The Hall–Kier alpha value is -1.68. The van der Waals surface area contributed by atoms with Crippen LogP contribution in [0.4, 0.5) is 0 Å². The summed E-state index contributed by atoms with van der Waals surface area (Å²) < 4.78 is 0. The molecule has 0 fully saturated rings. The van der Waals surface area contributed by atoms with E-state index in [1.165, 1.54) is 23.3 Å². The predicted octanol–water partition coefficient (Wildman–Crippen LogP) is 3.56. The summed E-state index contributed by atoms with van der Waals surface area (Å²) in [6, 6.07) is 9.74. The molecule has 20 heavy (non-hydrogen) atoms. The quantitative estimate of drug-likeness (QED) is 0.790. The van der Waals surface area contributed by atoms with Crippen molar-refractivity contribution < 1.29 is 4.79 Å². The minimum absolute atomic E-state index is 0.0340. The first-order chi connectivity index (χ1) is 9.83. The number of hydrogen-bond acceptors (Lipinski definition) is 3. The number of amides is 1. The van der Waals surface area contributed by atoms with E-state index in [9.17, 15) is 4.79 Å². The van der Waals surface area contributed by atoms with Crippen molar-refractivity contribution in [3.63, 3.8) is 0 Å². The number of aliphatic imine (C=N–C) groups is 2. The summed E-state index contributed by atoms with van der Waals surface area (Å²) in [5.41, 5.74) is 2.21. The van der Waals surface area contributed by atoms with Gasteiger partial charge < -0.3 is 0 Å². The molecule has 2 aliphatic heterocycles. The maximum Gasteiger partial charge on any atom is 0.261 e. The monoisotopic (exact) mass is 282 g/mol. The molecule has 100 valence electrons. The molecular formula is C16H14N2OS. The Kier molecular flexibility index (Phi) is 2.84. The van der Waals surface area contributed by atoms with Crippen molar-refractivity contribution in [2.24, 2.45) is 15.9 Å². The Morgan fingerprint density at radius 3 is 2.70 bits per heavy atom. The topological polar surface area (TPSA) is 41.8 Å². The summed E-state index contributed by atoms with van der Waals surface area (Å²) >= 11 is 1.71. The molecule has 0 saturated heterocycles. The Labute approximate surface area is 121 Å². The third-order valence-corrected chi connectivity index (χ3v) is 5.24. The highest BCUT2D eigenvalue weighted by Gasteiger charge is 2.40. The van der Waals surface area contributed by atoms with Gasteiger partial charge in [0, 0.05) is 5.56 Å². The van der Waals surface area contributed by atoms with Gasteiger partial charge in [0.1, 0.15) is 5.92 Å². The van der Waals surface area contributed by atoms with Crippen LogP contribution < -0.4 is 0 Å². The largest absolute Gasteiger partial charge is 0.271 e. The van der Waals surface area contributed by atoms with Gasteiger partial charge in [-0.1, -0.05) is 42.1 Å². The van der Waals surface area contributed by atoms with Crippen LogP contribution in [0, 0.1) is 5.92 Å². The fourth-order valence-electron chi connectivity index (χ4n) is 3.01. The molecule has 0 bridgehead atoms. The van der Waals surface area contributed by atoms with E-state index in [-0.39, 0.29) is 11.8 Å². The van der Waals surface area contributed by atoms with Gasteiger partial charge in [0.05, 0.1) is 5.04 Å². The molecule has 0 aromatic heterocycles. The van der Waals surface area contributed by atoms with Crippen molar-refractivity contribution in [2.45, 2.75) is 25.7 Å². The Morgan fingerprint density at radius 2 is 1.85 bits per heavy atom. The number of hydrogen-bond donors (Lipinski definition) is 0. The van der Waals surface area contributed by atoms with E-state index >= 15 is 0 Å². The number of benzene rings is 1. The first-order valence-corrected chi connectivity index (χ1v) is 7.81. The third kappa shape index (κ3) is 1.86. The molecule has 0 spiro atoms. The number of amidine groups is 1. The van der Waals surface area contributed by atoms with Crippen LogP contribution in [0.25, 0.3) is 0 Å². The zero-order chi connectivity index (χ0) is 13.5. The summed E-state index contributed by atoms with van der Waals surface area (Å²) in [5, 5.41) is 0.941. The van der Waals surface area contributed by atoms with Crippen LogP contribution in [0.2, 0.25) is 0 Å². The van der Waals surface area contributed by atoms with Gasteiger partial charge in [-0.3, -0.25) is 4.79 Å². The number of fused-ring (bicyclic) bond motifs is 2. The van der Waals surface area contributed by atoms with Crippen LogP contribution in [0.1, 0.15) is 31.2 Å². The Bertz CT molecular complexity index is 673. The molecule has 4 rings (SSSR count). The second kappa shape index (κ2) is 4.70. The van der Waals surface area contributed by atoms with Crippen LogP contribution in [-0.4, -0.2) is 16.8 Å². The molecule has 1 unspecified atom stereocenters. The molecule has 3 nitrogen and oxygen atoms in total. The van der Waals surface area contributed by atoms with Crippen molar-refractivity contribution in [3.05, 3.63) is 46.4 Å². The van der Waals surface area contributed by atoms with E-state index in [4.69, 9.17) is 0 Å². The van der Waals surface area contributed by atoms with E-state index in [1.807, 2.05) is 30.3 Å². The molecule has 0 N–H and O–H groups in total. The summed E-state index contributed by atoms with van der Waals surface area (Å²) in [7, 11) is 0. The van der Waals surface area contributed by atoms with Crippen molar-refractivity contribution in [1.82, 2.24) is 0 Å². The number of thioether (sulfide) groups is 1. The molecule has 1 aliphatic carbocycles. The van der Waals surface area contributed by atoms with Gasteiger partial charge >= 0.3 is 0 Å². The number of allylic oxidation sites excluding steroid dienone is 1. The molecule has 2 heterocycles. The molecule has 1 amide bonds. The summed E-state index contributed by atoms with van der Waals surface area (Å²) in [6.45, 7) is 0. The number of rotatable bonds is 1. The molecule has 1 aromatic rings. The maximum atomic E-state index is 12.4. The number of carbonyl (C=O) groups is 1. The van der Waals surface area contributed by atoms with Crippen molar-refractivity contribution in [2.75, 3.05) is 0 Å². The fourth-order valence-corrected chi connectivity index (χ4v) is 4.36. The smallest absolute Gasteiger partial charge is 0.261 e. The average Bonchev–Trinajstić information content (AvgIpc) is 2.87. The summed E-state index contributed by atoms with van der Waals surface area (Å²) in [6.07, 6.45) is 4.55. The SMILES string of the molecule is O=C1N=C(c2ccccc2)N=C2SC3=C(CCCC3)C12. The van der Waals surface area contributed by atoms with E-state index in [2.05, 4.69) is 9.98 Å². The summed E-state index contributed by atoms with van der Waals surface area (Å²) in [5.74, 6) is 0.366. The molecule has 1 aromatic carbocycles. The third-order valence-electron chi connectivity index (χ3n) is 3.99. The Morgan fingerprint density at radius 1 is 1.05 bits per heavy atom. The summed E-state index contributed by atoms with van der Waals surface area (Å²) in [4.78, 5) is 22.7. The molecule has 0 saturated carbocycles. The minimum atomic E-state index is -0.164. The average molecular weight is 282 g/mol. The highest BCUT2D eigenvalue weighted by atomic mass is 32.2. The zero-order valence-corrected chi connectivity index (χ0v) is 11.8. The number of carbonyl (C=O) groups excluding carboxylic acids is 1. The second-order valence-corrected chi connectivity index (χ2v) is 6.40. The van der Waals surface area contributed by atoms with Gasteiger partial charge in [0.15, 0.2) is 5.84 Å². The highest BCUT2D eigenvalue weighted by molar-refractivity contribution is 8.17. The van der Waals surface area contributed by atoms with Crippen LogP contribution in [0.5, 0.6) is 0 Å². The molecule has 0 radical (unpaired) electrons. The normalized spacial score (nSPS) is 25.0. The highest BCUT2D eigenvalue weighted by Crippen LogP contribution is 2.47. The van der Waals surface area contributed by atoms with E-state index in [0.29, 0.717) is 5.84 Å². The van der Waals surface area contributed by atoms with Gasteiger partial charge in [-0.25, -0.2) is 4.99 Å². The second-order valence-electron chi connectivity index (χ2n) is 5.28. The fraction of sp³-hybridized carbons (Fsp3) is 0.312. The number of nitrogens with zero attached hydrogens (tertiary/aromatic N) is 2. The molecule has 1 atom stereocenters. The minimum Gasteiger partial charge on any atom is -0.271 e. The molecule has 4 heteroatoms. The van der Waals surface area contributed by atoms with Gasteiger partial charge in [0.25, 0.3) is 5.91 Å². The maximum absolute atomic E-state index is 12.4. The van der Waals surface area contributed by atoms with Crippen LogP contribution in [0.3, 0.4) is 0 Å². The van der Waals surface area contributed by atoms with E-state index < -0.39 is 0 Å². The van der Waals surface area contributed by atoms with Crippen molar-refractivity contribution in [1.29, 1.82) is 0 Å². The standard InChI is InChI=1S/C16H14N2OS/c19-15-13-11-8-4-5-9-12(11)20-16(13)18-14(17-15)10-6-2-1-3-7-10/h1-3,6-7,13H,4-5,8-9H2. The first-order valence-electron chi connectivity index (χ1n) is 6.99. The van der Waals surface area contributed by atoms with Crippen molar-refractivity contribution >= 4 is 28.5 Å². The van der Waals surface area contributed by atoms with Gasteiger partial charge in [-0.05, 0) is 36.2 Å². The van der Waals surface area contributed by atoms with Gasteiger partial charge in [0.2, 0.25) is 0 Å². The first kappa shape index (κ1) is 12.1. The van der Waals surface area contributed by atoms with Gasteiger partial charge in [-0.2, -0.15) is 4.99 Å². The van der Waals surface area contributed by atoms with Crippen LogP contribution >= 0.6 is 11.8 Å². The molecular weight excluding hydrogens is 268 g/mol. The van der Waals surface area contributed by atoms with E-state index in [1.54, 1.807) is 11.8 Å². The predicted molar refractivity (Wildman–Crippen MR) is 82.0 cm³/mol. The Balaban J connectivity index is 1.72. The molecule has 3 aliphatic rings. The van der Waals surface area contributed by atoms with Gasteiger partial charge in [-0.15, -0.1) is 0 Å². The lowest BCUT2D eigenvalue weighted by Gasteiger charge is -2.18.